The second-order valence-corrected chi connectivity index (χ2v) is 4.75. The number of para-hydroxylation sites is 2. The standard InChI is InChI=1S/C15H20N2O4/c1-2-16(9-10-18)14(19)7-8-17-12-5-3-4-6-13(12)21-11-15(17)20/h3-6,18H,2,7-11H2,1H3. The van der Waals surface area contributed by atoms with Crippen LogP contribution in [-0.4, -0.2) is 54.7 Å². The van der Waals surface area contributed by atoms with Crippen molar-refractivity contribution in [3.63, 3.8) is 0 Å². The summed E-state index contributed by atoms with van der Waals surface area (Å²) in [4.78, 5) is 27.2. The van der Waals surface area contributed by atoms with E-state index in [-0.39, 0.29) is 31.4 Å². The number of carbonyl (C=O) groups excluding carboxylic acids is 2. The van der Waals surface area contributed by atoms with Crippen molar-refractivity contribution in [1.82, 2.24) is 4.90 Å². The molecule has 2 amide bonds. The summed E-state index contributed by atoms with van der Waals surface area (Å²) in [7, 11) is 0. The maximum absolute atomic E-state index is 12.1. The molecule has 1 aromatic rings. The second kappa shape index (κ2) is 7.08. The summed E-state index contributed by atoms with van der Waals surface area (Å²) >= 11 is 0. The lowest BCUT2D eigenvalue weighted by Gasteiger charge is -2.30. The van der Waals surface area contributed by atoms with E-state index in [0.717, 1.165) is 0 Å². The molecule has 0 radical (unpaired) electrons. The number of fused-ring (bicyclic) bond motifs is 1. The highest BCUT2D eigenvalue weighted by Gasteiger charge is 2.25. The second-order valence-electron chi connectivity index (χ2n) is 4.75. The number of ether oxygens (including phenoxy) is 1. The van der Waals surface area contributed by atoms with Crippen molar-refractivity contribution < 1.29 is 19.4 Å². The zero-order chi connectivity index (χ0) is 15.2. The van der Waals surface area contributed by atoms with Crippen molar-refractivity contribution in [2.45, 2.75) is 13.3 Å². The lowest BCUT2D eigenvalue weighted by atomic mass is 10.2. The van der Waals surface area contributed by atoms with Crippen LogP contribution in [-0.2, 0) is 9.59 Å². The molecule has 114 valence electrons. The van der Waals surface area contributed by atoms with Crippen LogP contribution < -0.4 is 9.64 Å². The van der Waals surface area contributed by atoms with Gasteiger partial charge in [0, 0.05) is 26.1 Å². The summed E-state index contributed by atoms with van der Waals surface area (Å²) < 4.78 is 5.36. The molecule has 0 spiro atoms. The Balaban J connectivity index is 2.02. The first-order valence-electron chi connectivity index (χ1n) is 7.08. The third-order valence-electron chi connectivity index (χ3n) is 3.46. The monoisotopic (exact) mass is 292 g/mol. The molecular weight excluding hydrogens is 272 g/mol. The van der Waals surface area contributed by atoms with Crippen molar-refractivity contribution in [2.75, 3.05) is 37.7 Å². The van der Waals surface area contributed by atoms with Gasteiger partial charge in [0.05, 0.1) is 12.3 Å². The predicted molar refractivity (Wildman–Crippen MR) is 78.2 cm³/mol. The highest BCUT2D eigenvalue weighted by Crippen LogP contribution is 2.31. The molecule has 6 heteroatoms. The fraction of sp³-hybridized carbons (Fsp3) is 0.467. The van der Waals surface area contributed by atoms with Crippen LogP contribution in [0.5, 0.6) is 5.75 Å². The number of likely N-dealkylation sites (N-methyl/N-ethyl adjacent to an activating group) is 1. The summed E-state index contributed by atoms with van der Waals surface area (Å²) in [6.07, 6.45) is 0.230. The van der Waals surface area contributed by atoms with E-state index in [2.05, 4.69) is 0 Å². The van der Waals surface area contributed by atoms with E-state index in [4.69, 9.17) is 9.84 Å². The molecule has 0 saturated carbocycles. The van der Waals surface area contributed by atoms with Crippen molar-refractivity contribution >= 4 is 17.5 Å². The molecule has 2 rings (SSSR count). The van der Waals surface area contributed by atoms with Gasteiger partial charge in [0.2, 0.25) is 5.91 Å². The molecule has 21 heavy (non-hydrogen) atoms. The zero-order valence-electron chi connectivity index (χ0n) is 12.1. The highest BCUT2D eigenvalue weighted by molar-refractivity contribution is 5.98. The van der Waals surface area contributed by atoms with E-state index in [1.54, 1.807) is 15.9 Å². The fourth-order valence-corrected chi connectivity index (χ4v) is 2.34. The van der Waals surface area contributed by atoms with E-state index in [1.807, 2.05) is 25.1 Å². The molecule has 1 N–H and O–H groups in total. The number of rotatable bonds is 6. The van der Waals surface area contributed by atoms with Gasteiger partial charge in [-0.15, -0.1) is 0 Å². The Labute approximate surface area is 123 Å². The Kier molecular flexibility index (Phi) is 5.16. The van der Waals surface area contributed by atoms with Gasteiger partial charge < -0.3 is 19.6 Å². The average Bonchev–Trinajstić information content (AvgIpc) is 2.51. The maximum atomic E-state index is 12.1. The normalized spacial score (nSPS) is 13.6. The maximum Gasteiger partial charge on any atom is 0.265 e. The number of aliphatic hydroxyl groups excluding tert-OH is 1. The van der Waals surface area contributed by atoms with Gasteiger partial charge in [0.15, 0.2) is 6.61 Å². The van der Waals surface area contributed by atoms with Crippen molar-refractivity contribution in [2.24, 2.45) is 0 Å². The summed E-state index contributed by atoms with van der Waals surface area (Å²) in [5.41, 5.74) is 0.701. The third-order valence-corrected chi connectivity index (χ3v) is 3.46. The van der Waals surface area contributed by atoms with Gasteiger partial charge >= 0.3 is 0 Å². The molecule has 6 nitrogen and oxygen atoms in total. The van der Waals surface area contributed by atoms with E-state index < -0.39 is 0 Å². The Bertz CT molecular complexity index is 518. The van der Waals surface area contributed by atoms with Crippen LogP contribution in [0.3, 0.4) is 0 Å². The number of amides is 2. The van der Waals surface area contributed by atoms with Gasteiger partial charge in [-0.05, 0) is 19.1 Å². The van der Waals surface area contributed by atoms with Crippen LogP contribution in [0, 0.1) is 0 Å². The Hall–Kier alpha value is -2.08. The van der Waals surface area contributed by atoms with Gasteiger partial charge in [-0.3, -0.25) is 9.59 Å². The zero-order valence-corrected chi connectivity index (χ0v) is 12.1. The minimum absolute atomic E-state index is 0.000659. The van der Waals surface area contributed by atoms with Crippen LogP contribution in [0.15, 0.2) is 24.3 Å². The van der Waals surface area contributed by atoms with Gasteiger partial charge in [0.1, 0.15) is 5.75 Å². The minimum atomic E-state index is -0.147. The lowest BCUT2D eigenvalue weighted by Crippen LogP contribution is -2.42. The topological polar surface area (TPSA) is 70.1 Å². The predicted octanol–water partition coefficient (Wildman–Crippen LogP) is 0.643. The number of carbonyl (C=O) groups is 2. The summed E-state index contributed by atoms with van der Waals surface area (Å²) in [5, 5.41) is 8.93. The third kappa shape index (κ3) is 3.52. The molecule has 0 fully saturated rings. The Morgan fingerprint density at radius 1 is 1.43 bits per heavy atom. The summed E-state index contributed by atoms with van der Waals surface area (Å²) in [6, 6.07) is 7.29. The number of anilines is 1. The molecule has 1 heterocycles. The largest absolute Gasteiger partial charge is 0.482 e. The lowest BCUT2D eigenvalue weighted by molar-refractivity contribution is -0.131. The molecule has 0 aromatic heterocycles. The number of hydrogen-bond donors (Lipinski definition) is 1. The molecule has 0 saturated heterocycles. The molecule has 0 unspecified atom stereocenters. The van der Waals surface area contributed by atoms with Crippen LogP contribution in [0.4, 0.5) is 5.69 Å². The first-order chi connectivity index (χ1) is 10.2. The van der Waals surface area contributed by atoms with Crippen LogP contribution >= 0.6 is 0 Å². The summed E-state index contributed by atoms with van der Waals surface area (Å²) in [6.45, 7) is 3.00. The average molecular weight is 292 g/mol. The van der Waals surface area contributed by atoms with Crippen molar-refractivity contribution in [1.29, 1.82) is 0 Å². The van der Waals surface area contributed by atoms with Gasteiger partial charge in [-0.1, -0.05) is 12.1 Å². The van der Waals surface area contributed by atoms with Crippen LogP contribution in [0.25, 0.3) is 0 Å². The number of benzene rings is 1. The smallest absolute Gasteiger partial charge is 0.265 e. The molecular formula is C15H20N2O4. The first-order valence-corrected chi connectivity index (χ1v) is 7.08. The number of hydrogen-bond acceptors (Lipinski definition) is 4. The molecule has 1 aliphatic heterocycles. The van der Waals surface area contributed by atoms with Crippen LogP contribution in [0.1, 0.15) is 13.3 Å². The highest BCUT2D eigenvalue weighted by atomic mass is 16.5. The number of nitrogens with zero attached hydrogens (tertiary/aromatic N) is 2. The Morgan fingerprint density at radius 2 is 2.19 bits per heavy atom. The molecule has 1 aliphatic rings. The van der Waals surface area contributed by atoms with E-state index in [0.29, 0.717) is 31.1 Å². The quantitative estimate of drug-likeness (QED) is 0.835. The molecule has 0 bridgehead atoms. The van der Waals surface area contributed by atoms with Gasteiger partial charge in [-0.2, -0.15) is 0 Å². The molecule has 1 aromatic carbocycles. The van der Waals surface area contributed by atoms with E-state index >= 15 is 0 Å². The van der Waals surface area contributed by atoms with E-state index in [9.17, 15) is 9.59 Å². The van der Waals surface area contributed by atoms with Crippen LogP contribution in [0.2, 0.25) is 0 Å². The molecule has 0 aliphatic carbocycles. The SMILES string of the molecule is CCN(CCO)C(=O)CCN1C(=O)COc2ccccc21. The van der Waals surface area contributed by atoms with Crippen molar-refractivity contribution in [3.8, 4) is 5.75 Å². The molecule has 0 atom stereocenters. The van der Waals surface area contributed by atoms with Gasteiger partial charge in [0.25, 0.3) is 5.91 Å². The minimum Gasteiger partial charge on any atom is -0.482 e. The number of aliphatic hydroxyl groups is 1. The Morgan fingerprint density at radius 3 is 2.90 bits per heavy atom. The van der Waals surface area contributed by atoms with Crippen molar-refractivity contribution in [3.05, 3.63) is 24.3 Å². The fourth-order valence-electron chi connectivity index (χ4n) is 2.34. The summed E-state index contributed by atoms with van der Waals surface area (Å²) in [5.74, 6) is 0.447. The van der Waals surface area contributed by atoms with E-state index in [1.165, 1.54) is 0 Å². The first kappa shape index (κ1) is 15.3. The van der Waals surface area contributed by atoms with Gasteiger partial charge in [-0.25, -0.2) is 0 Å².